The van der Waals surface area contributed by atoms with Crippen LogP contribution in [0, 0.1) is 5.82 Å². The van der Waals surface area contributed by atoms with Crippen molar-refractivity contribution in [2.45, 2.75) is 13.0 Å². The molecule has 0 radical (unpaired) electrons. The maximum absolute atomic E-state index is 13.4. The summed E-state index contributed by atoms with van der Waals surface area (Å²) in [5.41, 5.74) is 3.08. The average Bonchev–Trinajstić information content (AvgIpc) is 2.85. The molecule has 0 aliphatic carbocycles. The molecule has 4 rings (SSSR count). The van der Waals surface area contributed by atoms with E-state index in [2.05, 4.69) is 14.8 Å². The molecule has 0 unspecified atom stereocenters. The van der Waals surface area contributed by atoms with Crippen molar-refractivity contribution in [1.29, 1.82) is 0 Å². The van der Waals surface area contributed by atoms with Gasteiger partial charge in [-0.25, -0.2) is 4.39 Å². The van der Waals surface area contributed by atoms with Crippen molar-refractivity contribution in [3.63, 3.8) is 0 Å². The fourth-order valence-corrected chi connectivity index (χ4v) is 3.45. The topological polar surface area (TPSA) is 18.8 Å². The molecule has 3 nitrogen and oxygen atoms in total. The second-order valence-electron chi connectivity index (χ2n) is 5.65. The van der Waals surface area contributed by atoms with Gasteiger partial charge in [-0.1, -0.05) is 29.3 Å². The van der Waals surface area contributed by atoms with Crippen LogP contribution >= 0.6 is 23.2 Å². The minimum Gasteiger partial charge on any atom is -0.310 e. The monoisotopic (exact) mass is 349 g/mol. The number of benzene rings is 2. The van der Waals surface area contributed by atoms with E-state index in [4.69, 9.17) is 23.2 Å². The van der Waals surface area contributed by atoms with Crippen molar-refractivity contribution in [3.05, 3.63) is 57.8 Å². The molecule has 0 saturated carbocycles. The van der Waals surface area contributed by atoms with Gasteiger partial charge in [0.1, 0.15) is 5.82 Å². The van der Waals surface area contributed by atoms with Crippen LogP contribution in [-0.4, -0.2) is 19.0 Å². The smallest absolute Gasteiger partial charge is 0.206 e. The third kappa shape index (κ3) is 2.56. The summed E-state index contributed by atoms with van der Waals surface area (Å²) < 4.78 is 13.4. The zero-order valence-corrected chi connectivity index (χ0v) is 13.8. The second kappa shape index (κ2) is 5.69. The Labute approximate surface area is 143 Å². The van der Waals surface area contributed by atoms with E-state index in [1.807, 2.05) is 18.2 Å². The van der Waals surface area contributed by atoms with E-state index < -0.39 is 5.82 Å². The first-order chi connectivity index (χ1) is 11.1. The average molecular weight is 350 g/mol. The van der Waals surface area contributed by atoms with Crippen LogP contribution in [0.2, 0.25) is 10.0 Å². The van der Waals surface area contributed by atoms with E-state index in [-0.39, 0.29) is 5.02 Å². The Balaban J connectivity index is 1.75. The Morgan fingerprint density at radius 3 is 2.78 bits per heavy atom. The Bertz CT molecular complexity index is 806. The summed E-state index contributed by atoms with van der Waals surface area (Å²) in [6.07, 6.45) is 1.02. The highest BCUT2D eigenvalue weighted by Crippen LogP contribution is 2.41. The molecule has 0 aromatic heterocycles. The fourth-order valence-electron chi connectivity index (χ4n) is 3.08. The number of nitrogens with zero attached hydrogens (tertiary/aromatic N) is 3. The predicted molar refractivity (Wildman–Crippen MR) is 93.3 cm³/mol. The molecule has 118 valence electrons. The Kier molecular flexibility index (Phi) is 3.66. The Hall–Kier alpha value is -1.78. The number of guanidine groups is 1. The lowest BCUT2D eigenvalue weighted by Gasteiger charge is -2.27. The van der Waals surface area contributed by atoms with Crippen LogP contribution in [0.15, 0.2) is 41.4 Å². The lowest BCUT2D eigenvalue weighted by molar-refractivity contribution is 0.627. The van der Waals surface area contributed by atoms with Crippen molar-refractivity contribution in [1.82, 2.24) is 0 Å². The van der Waals surface area contributed by atoms with Gasteiger partial charge in [-0.05, 0) is 42.3 Å². The lowest BCUT2D eigenvalue weighted by atomic mass is 10.2. The maximum atomic E-state index is 13.4. The Morgan fingerprint density at radius 2 is 1.96 bits per heavy atom. The first-order valence-electron chi connectivity index (χ1n) is 7.46. The van der Waals surface area contributed by atoms with Gasteiger partial charge in [0.15, 0.2) is 0 Å². The van der Waals surface area contributed by atoms with E-state index in [9.17, 15) is 4.39 Å². The fraction of sp³-hybridized carbons (Fsp3) is 0.235. The summed E-state index contributed by atoms with van der Waals surface area (Å²) in [6, 6.07) is 10.7. The van der Waals surface area contributed by atoms with Crippen molar-refractivity contribution >= 4 is 40.5 Å². The minimum atomic E-state index is -0.402. The van der Waals surface area contributed by atoms with Gasteiger partial charge < -0.3 is 9.80 Å². The molecule has 0 N–H and O–H groups in total. The molecule has 2 aromatic rings. The number of aliphatic imine (C=N–C) groups is 1. The summed E-state index contributed by atoms with van der Waals surface area (Å²) in [4.78, 5) is 9.00. The van der Waals surface area contributed by atoms with Gasteiger partial charge >= 0.3 is 0 Å². The molecule has 0 bridgehead atoms. The van der Waals surface area contributed by atoms with Crippen LogP contribution in [0.5, 0.6) is 0 Å². The van der Waals surface area contributed by atoms with Crippen molar-refractivity contribution in [3.8, 4) is 0 Å². The van der Waals surface area contributed by atoms with E-state index in [1.54, 1.807) is 12.1 Å². The molecule has 2 aliphatic rings. The molecular formula is C17H14Cl2FN3. The van der Waals surface area contributed by atoms with Crippen molar-refractivity contribution < 1.29 is 4.39 Å². The summed E-state index contributed by atoms with van der Waals surface area (Å²) in [6.45, 7) is 2.32. The van der Waals surface area contributed by atoms with Crippen molar-refractivity contribution in [2.75, 3.05) is 22.9 Å². The van der Waals surface area contributed by atoms with Crippen LogP contribution < -0.4 is 9.80 Å². The maximum Gasteiger partial charge on any atom is 0.206 e. The van der Waals surface area contributed by atoms with E-state index >= 15 is 0 Å². The highest BCUT2D eigenvalue weighted by atomic mass is 35.5. The molecule has 2 aromatic carbocycles. The van der Waals surface area contributed by atoms with Crippen molar-refractivity contribution in [2.24, 2.45) is 4.99 Å². The SMILES string of the molecule is Fc1ccc(CN2C3=NCCCN3c3cc(Cl)ccc32)cc1Cl. The molecule has 2 aliphatic heterocycles. The molecular weight excluding hydrogens is 336 g/mol. The minimum absolute atomic E-state index is 0.139. The summed E-state index contributed by atoms with van der Waals surface area (Å²) >= 11 is 12.1. The zero-order chi connectivity index (χ0) is 16.0. The third-order valence-corrected chi connectivity index (χ3v) is 4.64. The van der Waals surface area contributed by atoms with E-state index in [0.717, 1.165) is 42.4 Å². The molecule has 23 heavy (non-hydrogen) atoms. The van der Waals surface area contributed by atoms with Gasteiger partial charge in [-0.2, -0.15) is 0 Å². The first-order valence-corrected chi connectivity index (χ1v) is 8.22. The largest absolute Gasteiger partial charge is 0.310 e. The normalized spacial score (nSPS) is 16.2. The second-order valence-corrected chi connectivity index (χ2v) is 6.50. The Morgan fingerprint density at radius 1 is 1.09 bits per heavy atom. The number of halogens is 3. The van der Waals surface area contributed by atoms with Gasteiger partial charge in [0.05, 0.1) is 22.9 Å². The summed E-state index contributed by atoms with van der Waals surface area (Å²) in [5.74, 6) is 0.523. The molecule has 0 spiro atoms. The van der Waals surface area contributed by atoms with Crippen LogP contribution in [-0.2, 0) is 6.54 Å². The lowest BCUT2D eigenvalue weighted by Crippen LogP contribution is -2.41. The number of hydrogen-bond donors (Lipinski definition) is 0. The van der Waals surface area contributed by atoms with Gasteiger partial charge in [0.25, 0.3) is 0 Å². The van der Waals surface area contributed by atoms with Crippen LogP contribution in [0.4, 0.5) is 15.8 Å². The number of anilines is 2. The molecule has 0 saturated heterocycles. The predicted octanol–water partition coefficient (Wildman–Crippen LogP) is 4.72. The van der Waals surface area contributed by atoms with E-state index in [1.165, 1.54) is 6.07 Å². The van der Waals surface area contributed by atoms with Crippen LogP contribution in [0.25, 0.3) is 0 Å². The quantitative estimate of drug-likeness (QED) is 0.781. The number of hydrogen-bond acceptors (Lipinski definition) is 3. The molecule has 2 heterocycles. The van der Waals surface area contributed by atoms with Gasteiger partial charge in [-0.3, -0.25) is 4.99 Å². The van der Waals surface area contributed by atoms with Gasteiger partial charge in [-0.15, -0.1) is 0 Å². The van der Waals surface area contributed by atoms with Gasteiger partial charge in [0, 0.05) is 18.1 Å². The van der Waals surface area contributed by atoms with Crippen LogP contribution in [0.3, 0.4) is 0 Å². The highest BCUT2D eigenvalue weighted by molar-refractivity contribution is 6.32. The molecule has 6 heteroatoms. The summed E-state index contributed by atoms with van der Waals surface area (Å²) in [5, 5.41) is 0.848. The zero-order valence-electron chi connectivity index (χ0n) is 12.3. The van der Waals surface area contributed by atoms with E-state index in [0.29, 0.717) is 11.6 Å². The molecule has 0 amide bonds. The van der Waals surface area contributed by atoms with Gasteiger partial charge in [0.2, 0.25) is 5.96 Å². The number of fused-ring (bicyclic) bond motifs is 3. The highest BCUT2D eigenvalue weighted by Gasteiger charge is 2.34. The first kappa shape index (κ1) is 14.8. The van der Waals surface area contributed by atoms with Crippen LogP contribution in [0.1, 0.15) is 12.0 Å². The summed E-state index contributed by atoms with van der Waals surface area (Å²) in [7, 11) is 0. The standard InChI is InChI=1S/C17H14Cl2FN3/c18-12-3-5-15-16(9-12)22-7-1-6-21-17(22)23(15)10-11-2-4-14(20)13(19)8-11/h2-5,8-9H,1,6-7,10H2. The molecule has 0 atom stereocenters. The third-order valence-electron chi connectivity index (χ3n) is 4.12. The number of rotatable bonds is 2. The molecule has 0 fully saturated rings.